The zero-order valence-electron chi connectivity index (χ0n) is 10.5. The van der Waals surface area contributed by atoms with Crippen molar-refractivity contribution in [3.63, 3.8) is 0 Å². The van der Waals surface area contributed by atoms with E-state index in [4.69, 9.17) is 5.73 Å². The molecule has 1 saturated heterocycles. The van der Waals surface area contributed by atoms with Gasteiger partial charge in [-0.05, 0) is 31.7 Å². The van der Waals surface area contributed by atoms with E-state index in [1.807, 2.05) is 7.05 Å². The average Bonchev–Trinajstić information content (AvgIpc) is 2.32. The van der Waals surface area contributed by atoms with Crippen molar-refractivity contribution in [3.8, 4) is 0 Å². The van der Waals surface area contributed by atoms with E-state index >= 15 is 0 Å². The number of halogens is 2. The Kier molecular flexibility index (Phi) is 4.27. The summed E-state index contributed by atoms with van der Waals surface area (Å²) in [5.41, 5.74) is 6.23. The Labute approximate surface area is 106 Å². The van der Waals surface area contributed by atoms with Gasteiger partial charge >= 0.3 is 0 Å². The molecule has 1 fully saturated rings. The summed E-state index contributed by atoms with van der Waals surface area (Å²) in [4.78, 5) is 2.20. The number of rotatable bonds is 3. The molecule has 0 saturated carbocycles. The Bertz CT molecular complexity index is 411. The molecule has 0 radical (unpaired) electrons. The lowest BCUT2D eigenvalue weighted by molar-refractivity contribution is 0.225. The Hall–Kier alpha value is -1.04. The molecule has 1 aromatic rings. The zero-order chi connectivity index (χ0) is 13.1. The molecule has 2 unspecified atom stereocenters. The minimum absolute atomic E-state index is 0.224. The molecule has 0 amide bonds. The van der Waals surface area contributed by atoms with Gasteiger partial charge in [0.15, 0.2) is 0 Å². The first-order chi connectivity index (χ1) is 8.56. The largest absolute Gasteiger partial charge is 0.324 e. The molecule has 0 spiro atoms. The summed E-state index contributed by atoms with van der Waals surface area (Å²) in [5, 5.41) is 3.35. The first-order valence-corrected chi connectivity index (χ1v) is 6.18. The highest BCUT2D eigenvalue weighted by Crippen LogP contribution is 2.21. The number of nitrogens with two attached hydrogens (primary N) is 1. The van der Waals surface area contributed by atoms with Crippen LogP contribution in [0.5, 0.6) is 0 Å². The fraction of sp³-hybridized carbons (Fsp3) is 0.538. The van der Waals surface area contributed by atoms with Crippen molar-refractivity contribution < 1.29 is 8.78 Å². The number of piperazine rings is 1. The second-order valence-electron chi connectivity index (χ2n) is 4.92. The van der Waals surface area contributed by atoms with Gasteiger partial charge in [-0.1, -0.05) is 0 Å². The standard InChI is InChI=1S/C13H19F2N3/c1-18-5-4-17-10(8-18)7-13(16)11-6-9(14)2-3-12(11)15/h2-3,6,10,13,17H,4-5,7-8,16H2,1H3. The molecule has 1 aliphatic rings. The van der Waals surface area contributed by atoms with Gasteiger partial charge in [0, 0.05) is 37.3 Å². The van der Waals surface area contributed by atoms with Crippen LogP contribution in [0.1, 0.15) is 18.0 Å². The minimum atomic E-state index is -0.482. The van der Waals surface area contributed by atoms with Gasteiger partial charge in [-0.3, -0.25) is 0 Å². The predicted molar refractivity (Wildman–Crippen MR) is 67.2 cm³/mol. The van der Waals surface area contributed by atoms with Gasteiger partial charge in [0.2, 0.25) is 0 Å². The van der Waals surface area contributed by atoms with Gasteiger partial charge in [0.1, 0.15) is 11.6 Å². The molecule has 0 bridgehead atoms. The van der Waals surface area contributed by atoms with Crippen LogP contribution in [0.2, 0.25) is 0 Å². The summed E-state index contributed by atoms with van der Waals surface area (Å²) < 4.78 is 26.7. The summed E-state index contributed by atoms with van der Waals surface area (Å²) >= 11 is 0. The van der Waals surface area contributed by atoms with Crippen LogP contribution in [0.15, 0.2) is 18.2 Å². The van der Waals surface area contributed by atoms with Crippen LogP contribution in [0, 0.1) is 11.6 Å². The SMILES string of the molecule is CN1CCNC(CC(N)c2cc(F)ccc2F)C1. The number of benzene rings is 1. The quantitative estimate of drug-likeness (QED) is 0.854. The third-order valence-electron chi connectivity index (χ3n) is 3.35. The molecular weight excluding hydrogens is 236 g/mol. The smallest absolute Gasteiger partial charge is 0.128 e. The fourth-order valence-electron chi connectivity index (χ4n) is 2.38. The second-order valence-corrected chi connectivity index (χ2v) is 4.92. The number of nitrogens with one attached hydrogen (secondary N) is 1. The predicted octanol–water partition coefficient (Wildman–Crippen LogP) is 1.26. The topological polar surface area (TPSA) is 41.3 Å². The van der Waals surface area contributed by atoms with E-state index in [0.717, 1.165) is 31.8 Å². The Morgan fingerprint density at radius 2 is 2.28 bits per heavy atom. The zero-order valence-corrected chi connectivity index (χ0v) is 10.5. The van der Waals surface area contributed by atoms with E-state index in [9.17, 15) is 8.78 Å². The first-order valence-electron chi connectivity index (χ1n) is 6.18. The lowest BCUT2D eigenvalue weighted by Crippen LogP contribution is -2.50. The van der Waals surface area contributed by atoms with Crippen molar-refractivity contribution in [3.05, 3.63) is 35.4 Å². The van der Waals surface area contributed by atoms with Crippen LogP contribution >= 0.6 is 0 Å². The Morgan fingerprint density at radius 3 is 3.00 bits per heavy atom. The maximum atomic E-state index is 13.6. The highest BCUT2D eigenvalue weighted by Gasteiger charge is 2.21. The first kappa shape index (κ1) is 13.4. The van der Waals surface area contributed by atoms with Crippen molar-refractivity contribution in [1.82, 2.24) is 10.2 Å². The molecule has 0 aromatic heterocycles. The molecular formula is C13H19F2N3. The average molecular weight is 255 g/mol. The summed E-state index contributed by atoms with van der Waals surface area (Å²) in [6.07, 6.45) is 0.602. The number of hydrogen-bond acceptors (Lipinski definition) is 3. The van der Waals surface area contributed by atoms with E-state index in [0.29, 0.717) is 6.42 Å². The number of likely N-dealkylation sites (N-methyl/N-ethyl adjacent to an activating group) is 1. The van der Waals surface area contributed by atoms with Crippen molar-refractivity contribution in [1.29, 1.82) is 0 Å². The van der Waals surface area contributed by atoms with E-state index < -0.39 is 17.7 Å². The Morgan fingerprint density at radius 1 is 1.50 bits per heavy atom. The van der Waals surface area contributed by atoms with Crippen LogP contribution in [0.25, 0.3) is 0 Å². The molecule has 1 aliphatic heterocycles. The van der Waals surface area contributed by atoms with Gasteiger partial charge in [0.05, 0.1) is 0 Å². The molecule has 5 heteroatoms. The lowest BCUT2D eigenvalue weighted by Gasteiger charge is -2.32. The van der Waals surface area contributed by atoms with Crippen LogP contribution in [-0.2, 0) is 0 Å². The monoisotopic (exact) mass is 255 g/mol. The summed E-state index contributed by atoms with van der Waals surface area (Å²) in [6, 6.07) is 3.17. The summed E-state index contributed by atoms with van der Waals surface area (Å²) in [5.74, 6) is -0.886. The molecule has 18 heavy (non-hydrogen) atoms. The number of hydrogen-bond donors (Lipinski definition) is 2. The number of nitrogens with zero attached hydrogens (tertiary/aromatic N) is 1. The van der Waals surface area contributed by atoms with Gasteiger partial charge in [-0.25, -0.2) is 8.78 Å². The van der Waals surface area contributed by atoms with Gasteiger partial charge in [-0.15, -0.1) is 0 Å². The molecule has 2 atom stereocenters. The van der Waals surface area contributed by atoms with Crippen molar-refractivity contribution >= 4 is 0 Å². The summed E-state index contributed by atoms with van der Waals surface area (Å²) in [6.45, 7) is 2.78. The van der Waals surface area contributed by atoms with Crippen LogP contribution in [0.4, 0.5) is 8.78 Å². The molecule has 1 heterocycles. The van der Waals surface area contributed by atoms with Crippen LogP contribution in [0.3, 0.4) is 0 Å². The van der Waals surface area contributed by atoms with E-state index in [2.05, 4.69) is 10.2 Å². The lowest BCUT2D eigenvalue weighted by atomic mass is 9.98. The highest BCUT2D eigenvalue weighted by molar-refractivity contribution is 5.22. The van der Waals surface area contributed by atoms with E-state index in [-0.39, 0.29) is 11.6 Å². The maximum Gasteiger partial charge on any atom is 0.128 e. The van der Waals surface area contributed by atoms with Gasteiger partial charge < -0.3 is 16.0 Å². The van der Waals surface area contributed by atoms with Crippen molar-refractivity contribution in [2.45, 2.75) is 18.5 Å². The van der Waals surface area contributed by atoms with Crippen molar-refractivity contribution in [2.75, 3.05) is 26.7 Å². The summed E-state index contributed by atoms with van der Waals surface area (Å²) in [7, 11) is 2.04. The fourth-order valence-corrected chi connectivity index (χ4v) is 2.38. The molecule has 3 N–H and O–H groups in total. The molecule has 2 rings (SSSR count). The van der Waals surface area contributed by atoms with Crippen molar-refractivity contribution in [2.24, 2.45) is 5.73 Å². The second kappa shape index (κ2) is 5.73. The third kappa shape index (κ3) is 3.25. The van der Waals surface area contributed by atoms with E-state index in [1.54, 1.807) is 0 Å². The normalized spacial score (nSPS) is 23.0. The van der Waals surface area contributed by atoms with E-state index in [1.165, 1.54) is 6.07 Å². The van der Waals surface area contributed by atoms with Crippen LogP contribution < -0.4 is 11.1 Å². The minimum Gasteiger partial charge on any atom is -0.324 e. The highest BCUT2D eigenvalue weighted by atomic mass is 19.1. The Balaban J connectivity index is 2.02. The van der Waals surface area contributed by atoms with Gasteiger partial charge in [-0.2, -0.15) is 0 Å². The molecule has 3 nitrogen and oxygen atoms in total. The molecule has 0 aliphatic carbocycles. The van der Waals surface area contributed by atoms with Crippen LogP contribution in [-0.4, -0.2) is 37.6 Å². The maximum absolute atomic E-state index is 13.6. The van der Waals surface area contributed by atoms with Gasteiger partial charge in [0.25, 0.3) is 0 Å². The molecule has 1 aromatic carbocycles. The molecule has 100 valence electrons. The third-order valence-corrected chi connectivity index (χ3v) is 3.35.